The Balaban J connectivity index is 1.63. The maximum atomic E-state index is 12.9. The number of rotatable bonds is 6. The Bertz CT molecular complexity index is 763. The number of hydrogen-bond acceptors (Lipinski definition) is 5. The van der Waals surface area contributed by atoms with Crippen molar-refractivity contribution < 1.29 is 19.0 Å². The predicted octanol–water partition coefficient (Wildman–Crippen LogP) is 2.67. The summed E-state index contributed by atoms with van der Waals surface area (Å²) in [5.74, 6) is 2.14. The Morgan fingerprint density at radius 2 is 1.52 bits per heavy atom. The summed E-state index contributed by atoms with van der Waals surface area (Å²) in [4.78, 5) is 17.1. The predicted molar refractivity (Wildman–Crippen MR) is 104 cm³/mol. The van der Waals surface area contributed by atoms with Crippen molar-refractivity contribution in [1.82, 2.24) is 9.80 Å². The van der Waals surface area contributed by atoms with Crippen LogP contribution in [0.15, 0.2) is 42.5 Å². The molecule has 3 rings (SSSR count). The molecule has 0 saturated carbocycles. The van der Waals surface area contributed by atoms with Gasteiger partial charge in [0.2, 0.25) is 0 Å². The van der Waals surface area contributed by atoms with Gasteiger partial charge in [0, 0.05) is 49.9 Å². The van der Waals surface area contributed by atoms with Crippen LogP contribution in [0.1, 0.15) is 15.9 Å². The monoisotopic (exact) mass is 370 g/mol. The minimum Gasteiger partial charge on any atom is -0.497 e. The first-order valence-electron chi connectivity index (χ1n) is 9.01. The van der Waals surface area contributed by atoms with E-state index in [4.69, 9.17) is 14.2 Å². The van der Waals surface area contributed by atoms with Gasteiger partial charge in [0.25, 0.3) is 5.91 Å². The largest absolute Gasteiger partial charge is 0.497 e. The number of piperazine rings is 1. The van der Waals surface area contributed by atoms with E-state index in [9.17, 15) is 4.79 Å². The molecule has 6 heteroatoms. The SMILES string of the molecule is COc1cc(OC)cc(C(=O)N2CCN(Cc3ccccc3OC)CC2)c1. The molecule has 0 radical (unpaired) electrons. The summed E-state index contributed by atoms with van der Waals surface area (Å²) in [5, 5.41) is 0. The summed E-state index contributed by atoms with van der Waals surface area (Å²) in [7, 11) is 4.86. The summed E-state index contributed by atoms with van der Waals surface area (Å²) in [6.45, 7) is 3.84. The molecule has 1 amide bonds. The molecule has 27 heavy (non-hydrogen) atoms. The van der Waals surface area contributed by atoms with Gasteiger partial charge < -0.3 is 19.1 Å². The molecule has 0 bridgehead atoms. The smallest absolute Gasteiger partial charge is 0.254 e. The van der Waals surface area contributed by atoms with Gasteiger partial charge in [-0.1, -0.05) is 18.2 Å². The minimum atomic E-state index is 0.00383. The highest BCUT2D eigenvalue weighted by Gasteiger charge is 2.23. The second kappa shape index (κ2) is 8.77. The molecular weight excluding hydrogens is 344 g/mol. The molecule has 1 aliphatic heterocycles. The van der Waals surface area contributed by atoms with E-state index in [-0.39, 0.29) is 5.91 Å². The van der Waals surface area contributed by atoms with Gasteiger partial charge >= 0.3 is 0 Å². The molecule has 2 aromatic carbocycles. The van der Waals surface area contributed by atoms with Crippen LogP contribution < -0.4 is 14.2 Å². The lowest BCUT2D eigenvalue weighted by molar-refractivity contribution is 0.0626. The van der Waals surface area contributed by atoms with E-state index < -0.39 is 0 Å². The Morgan fingerprint density at radius 1 is 0.889 bits per heavy atom. The van der Waals surface area contributed by atoms with Gasteiger partial charge in [-0.2, -0.15) is 0 Å². The van der Waals surface area contributed by atoms with Crippen molar-refractivity contribution in [1.29, 1.82) is 0 Å². The molecule has 0 spiro atoms. The first kappa shape index (κ1) is 19.0. The van der Waals surface area contributed by atoms with Crippen LogP contribution in [0.4, 0.5) is 0 Å². The van der Waals surface area contributed by atoms with E-state index in [0.29, 0.717) is 30.2 Å². The summed E-state index contributed by atoms with van der Waals surface area (Å²) in [6.07, 6.45) is 0. The second-order valence-electron chi connectivity index (χ2n) is 6.48. The first-order chi connectivity index (χ1) is 13.1. The number of para-hydroxylation sites is 1. The van der Waals surface area contributed by atoms with Gasteiger partial charge in [0.1, 0.15) is 17.2 Å². The van der Waals surface area contributed by atoms with Crippen LogP contribution in [0.5, 0.6) is 17.2 Å². The molecule has 1 heterocycles. The molecule has 0 unspecified atom stereocenters. The standard InChI is InChI=1S/C21H26N2O4/c1-25-18-12-17(13-19(14-18)26-2)21(24)23-10-8-22(9-11-23)15-16-6-4-5-7-20(16)27-3/h4-7,12-14H,8-11,15H2,1-3H3. The Hall–Kier alpha value is -2.73. The first-order valence-corrected chi connectivity index (χ1v) is 9.01. The maximum absolute atomic E-state index is 12.9. The molecule has 6 nitrogen and oxygen atoms in total. The Morgan fingerprint density at radius 3 is 2.11 bits per heavy atom. The topological polar surface area (TPSA) is 51.2 Å². The van der Waals surface area contributed by atoms with E-state index in [1.54, 1.807) is 39.5 Å². The molecule has 0 aromatic heterocycles. The van der Waals surface area contributed by atoms with Crippen LogP contribution in [0.2, 0.25) is 0 Å². The van der Waals surface area contributed by atoms with Gasteiger partial charge in [0.15, 0.2) is 0 Å². The Labute approximate surface area is 160 Å². The zero-order valence-corrected chi connectivity index (χ0v) is 16.1. The molecule has 1 saturated heterocycles. The number of amides is 1. The highest BCUT2D eigenvalue weighted by atomic mass is 16.5. The second-order valence-corrected chi connectivity index (χ2v) is 6.48. The van der Waals surface area contributed by atoms with Crippen LogP contribution >= 0.6 is 0 Å². The number of ether oxygens (including phenoxy) is 3. The average molecular weight is 370 g/mol. The van der Waals surface area contributed by atoms with E-state index in [1.807, 2.05) is 23.1 Å². The van der Waals surface area contributed by atoms with Gasteiger partial charge in [0.05, 0.1) is 21.3 Å². The van der Waals surface area contributed by atoms with Gasteiger partial charge in [-0.15, -0.1) is 0 Å². The zero-order chi connectivity index (χ0) is 19.2. The third-order valence-electron chi connectivity index (χ3n) is 4.84. The molecule has 0 N–H and O–H groups in total. The maximum Gasteiger partial charge on any atom is 0.254 e. The quantitative estimate of drug-likeness (QED) is 0.783. The fourth-order valence-electron chi connectivity index (χ4n) is 3.30. The van der Waals surface area contributed by atoms with Crippen molar-refractivity contribution in [3.8, 4) is 17.2 Å². The Kier molecular flexibility index (Phi) is 6.19. The summed E-state index contributed by atoms with van der Waals surface area (Å²) in [6, 6.07) is 13.3. The highest BCUT2D eigenvalue weighted by molar-refractivity contribution is 5.95. The summed E-state index contributed by atoms with van der Waals surface area (Å²) < 4.78 is 16.0. The van der Waals surface area contributed by atoms with Gasteiger partial charge in [-0.05, 0) is 18.2 Å². The van der Waals surface area contributed by atoms with E-state index in [1.165, 1.54) is 0 Å². The number of nitrogens with zero attached hydrogens (tertiary/aromatic N) is 2. The van der Waals surface area contributed by atoms with Crippen LogP contribution in [0.25, 0.3) is 0 Å². The summed E-state index contributed by atoms with van der Waals surface area (Å²) >= 11 is 0. The van der Waals surface area contributed by atoms with Crippen molar-refractivity contribution in [2.75, 3.05) is 47.5 Å². The minimum absolute atomic E-state index is 0.00383. The van der Waals surface area contributed by atoms with Crippen LogP contribution in [-0.2, 0) is 6.54 Å². The molecule has 1 aliphatic rings. The fourth-order valence-corrected chi connectivity index (χ4v) is 3.30. The average Bonchev–Trinajstić information content (AvgIpc) is 2.73. The zero-order valence-electron chi connectivity index (χ0n) is 16.1. The number of benzene rings is 2. The highest BCUT2D eigenvalue weighted by Crippen LogP contribution is 2.24. The number of hydrogen-bond donors (Lipinski definition) is 0. The van der Waals surface area contributed by atoms with Crippen molar-refractivity contribution in [3.63, 3.8) is 0 Å². The summed E-state index contributed by atoms with van der Waals surface area (Å²) in [5.41, 5.74) is 1.75. The molecule has 144 valence electrons. The normalized spacial score (nSPS) is 14.7. The third kappa shape index (κ3) is 4.52. The molecule has 0 aliphatic carbocycles. The third-order valence-corrected chi connectivity index (χ3v) is 4.84. The molecule has 1 fully saturated rings. The van der Waals surface area contributed by atoms with Gasteiger partial charge in [-0.3, -0.25) is 9.69 Å². The van der Waals surface area contributed by atoms with Crippen molar-refractivity contribution in [2.45, 2.75) is 6.54 Å². The van der Waals surface area contributed by atoms with E-state index in [0.717, 1.165) is 30.9 Å². The molecule has 2 aromatic rings. The fraction of sp³-hybridized carbons (Fsp3) is 0.381. The lowest BCUT2D eigenvalue weighted by Crippen LogP contribution is -2.48. The van der Waals surface area contributed by atoms with E-state index in [2.05, 4.69) is 11.0 Å². The molecule has 0 atom stereocenters. The number of carbonyl (C=O) groups excluding carboxylic acids is 1. The van der Waals surface area contributed by atoms with Crippen molar-refractivity contribution >= 4 is 5.91 Å². The number of carbonyl (C=O) groups is 1. The lowest BCUT2D eigenvalue weighted by atomic mass is 10.1. The van der Waals surface area contributed by atoms with Crippen LogP contribution in [-0.4, -0.2) is 63.2 Å². The van der Waals surface area contributed by atoms with Gasteiger partial charge in [-0.25, -0.2) is 0 Å². The number of methoxy groups -OCH3 is 3. The molecular formula is C21H26N2O4. The van der Waals surface area contributed by atoms with Crippen molar-refractivity contribution in [3.05, 3.63) is 53.6 Å². The van der Waals surface area contributed by atoms with Crippen molar-refractivity contribution in [2.24, 2.45) is 0 Å². The van der Waals surface area contributed by atoms with Crippen LogP contribution in [0.3, 0.4) is 0 Å². The lowest BCUT2D eigenvalue weighted by Gasteiger charge is -2.35. The van der Waals surface area contributed by atoms with Crippen LogP contribution in [0, 0.1) is 0 Å². The van der Waals surface area contributed by atoms with E-state index >= 15 is 0 Å².